The van der Waals surface area contributed by atoms with Crippen LogP contribution in [-0.4, -0.2) is 36.6 Å². The van der Waals surface area contributed by atoms with Gasteiger partial charge < -0.3 is 14.8 Å². The molecule has 0 spiro atoms. The van der Waals surface area contributed by atoms with E-state index in [4.69, 9.17) is 21.1 Å². The van der Waals surface area contributed by atoms with E-state index < -0.39 is 23.7 Å². The molecule has 0 aliphatic heterocycles. The number of methoxy groups -OCH3 is 1. The molecule has 0 aliphatic rings. The van der Waals surface area contributed by atoms with Gasteiger partial charge in [0.1, 0.15) is 11.6 Å². The fraction of sp³-hybridized carbons (Fsp3) is 0.467. The average Bonchev–Trinajstić information content (AvgIpc) is 2.42. The number of hydrogen-bond donors (Lipinski definition) is 1. The molecule has 22 heavy (non-hydrogen) atoms. The van der Waals surface area contributed by atoms with Gasteiger partial charge in [0.25, 0.3) is 0 Å². The van der Waals surface area contributed by atoms with Crippen LogP contribution in [0.2, 0.25) is 5.02 Å². The van der Waals surface area contributed by atoms with E-state index >= 15 is 0 Å². The predicted molar refractivity (Wildman–Crippen MR) is 87.3 cm³/mol. The van der Waals surface area contributed by atoms with E-state index in [2.05, 4.69) is 5.32 Å². The van der Waals surface area contributed by atoms with Gasteiger partial charge in [0, 0.05) is 15.7 Å². The molecule has 0 radical (unpaired) electrons. The number of ether oxygens (including phenoxy) is 2. The van der Waals surface area contributed by atoms with Gasteiger partial charge in [0.15, 0.2) is 0 Å². The predicted octanol–water partition coefficient (Wildman–Crippen LogP) is 3.50. The molecule has 1 aromatic carbocycles. The van der Waals surface area contributed by atoms with Crippen molar-refractivity contribution in [1.29, 1.82) is 0 Å². The number of esters is 1. The van der Waals surface area contributed by atoms with Crippen LogP contribution in [0.4, 0.5) is 4.79 Å². The fourth-order valence-corrected chi connectivity index (χ4v) is 2.50. The molecule has 1 N–H and O–H groups in total. The molecule has 1 amide bonds. The number of hydrogen-bond acceptors (Lipinski definition) is 5. The van der Waals surface area contributed by atoms with Gasteiger partial charge in [-0.2, -0.15) is 0 Å². The highest BCUT2D eigenvalue weighted by atomic mass is 35.5. The summed E-state index contributed by atoms with van der Waals surface area (Å²) >= 11 is 7.23. The minimum Gasteiger partial charge on any atom is -0.467 e. The molecule has 0 heterocycles. The lowest BCUT2D eigenvalue weighted by Crippen LogP contribution is -2.45. The lowest BCUT2D eigenvalue weighted by atomic mass is 10.2. The van der Waals surface area contributed by atoms with E-state index in [1.165, 1.54) is 18.9 Å². The molecule has 122 valence electrons. The third-order valence-corrected chi connectivity index (χ3v) is 3.76. The zero-order chi connectivity index (χ0) is 16.8. The van der Waals surface area contributed by atoms with E-state index in [0.717, 1.165) is 4.90 Å². The Morgan fingerprint density at radius 2 is 1.86 bits per heavy atom. The summed E-state index contributed by atoms with van der Waals surface area (Å²) in [5.74, 6) is -0.194. The van der Waals surface area contributed by atoms with Crippen LogP contribution in [0.3, 0.4) is 0 Å². The molecule has 1 rings (SSSR count). The van der Waals surface area contributed by atoms with Gasteiger partial charge in [-0.15, -0.1) is 11.8 Å². The van der Waals surface area contributed by atoms with Crippen molar-refractivity contribution in [2.24, 2.45) is 0 Å². The summed E-state index contributed by atoms with van der Waals surface area (Å²) in [5, 5.41) is 3.16. The van der Waals surface area contributed by atoms with Crippen LogP contribution in [0.1, 0.15) is 20.8 Å². The molecule has 0 unspecified atom stereocenters. The SMILES string of the molecule is COC(=O)[C@@H](CSc1ccc(Cl)cc1)NC(=O)OC(C)(C)C. The normalized spacial score (nSPS) is 12.4. The number of rotatable bonds is 5. The number of benzene rings is 1. The quantitative estimate of drug-likeness (QED) is 0.653. The van der Waals surface area contributed by atoms with Crippen molar-refractivity contribution in [2.75, 3.05) is 12.9 Å². The Balaban J connectivity index is 2.63. The first-order valence-electron chi connectivity index (χ1n) is 6.67. The molecule has 1 aromatic rings. The highest BCUT2D eigenvalue weighted by molar-refractivity contribution is 7.99. The maximum Gasteiger partial charge on any atom is 0.408 e. The molecular weight excluding hydrogens is 326 g/mol. The molecule has 0 bridgehead atoms. The maximum atomic E-state index is 11.8. The van der Waals surface area contributed by atoms with Crippen LogP contribution in [0.25, 0.3) is 0 Å². The van der Waals surface area contributed by atoms with Crippen molar-refractivity contribution in [1.82, 2.24) is 5.32 Å². The van der Waals surface area contributed by atoms with Crippen molar-refractivity contribution in [3.8, 4) is 0 Å². The molecule has 0 aliphatic carbocycles. The van der Waals surface area contributed by atoms with Gasteiger partial charge >= 0.3 is 12.1 Å². The van der Waals surface area contributed by atoms with Gasteiger partial charge in [-0.1, -0.05) is 11.6 Å². The summed E-state index contributed by atoms with van der Waals surface area (Å²) in [6.45, 7) is 5.26. The Labute approximate surface area is 139 Å². The van der Waals surface area contributed by atoms with Gasteiger partial charge in [-0.05, 0) is 45.0 Å². The minimum absolute atomic E-state index is 0.327. The van der Waals surface area contributed by atoms with Crippen molar-refractivity contribution in [3.63, 3.8) is 0 Å². The first kappa shape index (κ1) is 18.6. The molecule has 5 nitrogen and oxygen atoms in total. The third-order valence-electron chi connectivity index (χ3n) is 2.41. The van der Waals surface area contributed by atoms with Crippen LogP contribution in [0.5, 0.6) is 0 Å². The second-order valence-corrected chi connectivity index (χ2v) is 7.02. The molecule has 7 heteroatoms. The van der Waals surface area contributed by atoms with Gasteiger partial charge in [-0.25, -0.2) is 9.59 Å². The lowest BCUT2D eigenvalue weighted by Gasteiger charge is -2.22. The van der Waals surface area contributed by atoms with Crippen molar-refractivity contribution in [3.05, 3.63) is 29.3 Å². The molecule has 0 aromatic heterocycles. The molecular formula is C15H20ClNO4S. The zero-order valence-electron chi connectivity index (χ0n) is 13.0. The van der Waals surface area contributed by atoms with Crippen LogP contribution >= 0.6 is 23.4 Å². The first-order valence-corrected chi connectivity index (χ1v) is 8.03. The Morgan fingerprint density at radius 1 is 1.27 bits per heavy atom. The summed E-state index contributed by atoms with van der Waals surface area (Å²) in [6, 6.07) is 6.42. The number of halogens is 1. The van der Waals surface area contributed by atoms with Crippen molar-refractivity contribution < 1.29 is 19.1 Å². The minimum atomic E-state index is -0.791. The second kappa shape index (κ2) is 8.29. The Kier molecular flexibility index (Phi) is 7.03. The number of carbonyl (C=O) groups is 2. The summed E-state index contributed by atoms with van der Waals surface area (Å²) in [5.41, 5.74) is -0.631. The fourth-order valence-electron chi connectivity index (χ4n) is 1.47. The summed E-state index contributed by atoms with van der Waals surface area (Å²) in [4.78, 5) is 24.5. The number of alkyl carbamates (subject to hydrolysis) is 1. The van der Waals surface area contributed by atoms with E-state index in [0.29, 0.717) is 10.8 Å². The third kappa shape index (κ3) is 7.04. The van der Waals surface area contributed by atoms with Crippen LogP contribution < -0.4 is 5.32 Å². The first-order chi connectivity index (χ1) is 10.2. The molecule has 1 atom stereocenters. The maximum absolute atomic E-state index is 11.8. The van der Waals surface area contributed by atoms with E-state index in [-0.39, 0.29) is 0 Å². The van der Waals surface area contributed by atoms with Gasteiger partial charge in [0.2, 0.25) is 0 Å². The van der Waals surface area contributed by atoms with Crippen LogP contribution in [0.15, 0.2) is 29.2 Å². The highest BCUT2D eigenvalue weighted by Crippen LogP contribution is 2.21. The number of thioether (sulfide) groups is 1. The highest BCUT2D eigenvalue weighted by Gasteiger charge is 2.25. The monoisotopic (exact) mass is 345 g/mol. The smallest absolute Gasteiger partial charge is 0.408 e. The number of carbonyl (C=O) groups excluding carboxylic acids is 2. The van der Waals surface area contributed by atoms with E-state index in [9.17, 15) is 9.59 Å². The molecule has 0 saturated carbocycles. The van der Waals surface area contributed by atoms with Gasteiger partial charge in [-0.3, -0.25) is 0 Å². The van der Waals surface area contributed by atoms with Crippen molar-refractivity contribution >= 4 is 35.4 Å². The summed E-state index contributed by atoms with van der Waals surface area (Å²) in [7, 11) is 1.28. The number of amides is 1. The van der Waals surface area contributed by atoms with Crippen LogP contribution in [0, 0.1) is 0 Å². The average molecular weight is 346 g/mol. The summed E-state index contributed by atoms with van der Waals surface area (Å²) in [6.07, 6.45) is -0.653. The van der Waals surface area contributed by atoms with Gasteiger partial charge in [0.05, 0.1) is 7.11 Å². The molecule has 0 saturated heterocycles. The standard InChI is InChI=1S/C15H20ClNO4S/c1-15(2,3)21-14(19)17-12(13(18)20-4)9-22-11-7-5-10(16)6-8-11/h5-8,12H,9H2,1-4H3,(H,17,19)/t12-/m1/s1. The zero-order valence-corrected chi connectivity index (χ0v) is 14.6. The largest absolute Gasteiger partial charge is 0.467 e. The molecule has 0 fully saturated rings. The second-order valence-electron chi connectivity index (χ2n) is 5.49. The summed E-state index contributed by atoms with van der Waals surface area (Å²) < 4.78 is 9.85. The number of nitrogens with one attached hydrogen (secondary N) is 1. The van der Waals surface area contributed by atoms with E-state index in [1.807, 2.05) is 12.1 Å². The van der Waals surface area contributed by atoms with Crippen molar-refractivity contribution in [2.45, 2.75) is 37.3 Å². The lowest BCUT2D eigenvalue weighted by molar-refractivity contribution is -0.142. The Morgan fingerprint density at radius 3 is 2.36 bits per heavy atom. The topological polar surface area (TPSA) is 64.6 Å². The van der Waals surface area contributed by atoms with E-state index in [1.54, 1.807) is 32.9 Å². The van der Waals surface area contributed by atoms with Crippen LogP contribution in [-0.2, 0) is 14.3 Å². The Hall–Kier alpha value is -1.40. The Bertz CT molecular complexity index is 513.